The number of hydrogen-bond acceptors (Lipinski definition) is 4. The number of thiocarbonyl (C=S) groups is 1. The Labute approximate surface area is 130 Å². The van der Waals surface area contributed by atoms with Gasteiger partial charge in [-0.2, -0.15) is 0 Å². The average Bonchev–Trinajstić information content (AvgIpc) is 2.48. The van der Waals surface area contributed by atoms with Gasteiger partial charge in [0.15, 0.2) is 0 Å². The number of ether oxygens (including phenoxy) is 1. The van der Waals surface area contributed by atoms with Crippen LogP contribution in [0.5, 0.6) is 0 Å². The van der Waals surface area contributed by atoms with Crippen molar-refractivity contribution in [3.8, 4) is 0 Å². The molecule has 1 aromatic rings. The Morgan fingerprint density at radius 1 is 1.48 bits per heavy atom. The molecule has 0 spiro atoms. The fraction of sp³-hybridized carbons (Fsp3) is 0.467. The van der Waals surface area contributed by atoms with E-state index in [4.69, 9.17) is 22.7 Å². The van der Waals surface area contributed by atoms with Gasteiger partial charge in [-0.15, -0.1) is 0 Å². The summed E-state index contributed by atoms with van der Waals surface area (Å²) >= 11 is 4.93. The molecule has 6 heteroatoms. The lowest BCUT2D eigenvalue weighted by molar-refractivity contribution is -0.117. The third-order valence-corrected chi connectivity index (χ3v) is 3.90. The van der Waals surface area contributed by atoms with Crippen LogP contribution >= 0.6 is 12.2 Å². The number of nitrogens with one attached hydrogen (secondary N) is 1. The van der Waals surface area contributed by atoms with E-state index in [1.165, 1.54) is 0 Å². The van der Waals surface area contributed by atoms with Crippen LogP contribution in [-0.2, 0) is 9.53 Å². The van der Waals surface area contributed by atoms with Gasteiger partial charge in [0.05, 0.1) is 12.6 Å². The lowest BCUT2D eigenvalue weighted by Gasteiger charge is -2.30. The first-order valence-electron chi connectivity index (χ1n) is 7.03. The van der Waals surface area contributed by atoms with Crippen molar-refractivity contribution in [3.05, 3.63) is 29.8 Å². The first kappa shape index (κ1) is 15.9. The molecule has 1 aliphatic heterocycles. The minimum Gasteiger partial charge on any atom is -0.389 e. The Morgan fingerprint density at radius 2 is 2.19 bits per heavy atom. The van der Waals surface area contributed by atoms with E-state index in [9.17, 15) is 4.79 Å². The predicted octanol–water partition coefficient (Wildman–Crippen LogP) is 1.37. The van der Waals surface area contributed by atoms with Crippen molar-refractivity contribution in [2.45, 2.75) is 18.9 Å². The molecule has 1 heterocycles. The van der Waals surface area contributed by atoms with E-state index in [0.29, 0.717) is 17.6 Å². The fourth-order valence-corrected chi connectivity index (χ4v) is 2.58. The SMILES string of the molecule is COC1CCN(CC(=O)Nc2cccc(C(N)=S)c2)CC1. The minimum absolute atomic E-state index is 0.0223. The van der Waals surface area contributed by atoms with Gasteiger partial charge in [-0.3, -0.25) is 9.69 Å². The van der Waals surface area contributed by atoms with Crippen LogP contribution in [0.15, 0.2) is 24.3 Å². The molecule has 0 saturated carbocycles. The first-order valence-corrected chi connectivity index (χ1v) is 7.44. The molecule has 0 aromatic heterocycles. The Balaban J connectivity index is 1.85. The van der Waals surface area contributed by atoms with Crippen molar-refractivity contribution in [2.24, 2.45) is 5.73 Å². The summed E-state index contributed by atoms with van der Waals surface area (Å²) in [5.41, 5.74) is 7.06. The summed E-state index contributed by atoms with van der Waals surface area (Å²) in [6.45, 7) is 2.17. The molecule has 1 aliphatic rings. The number of hydrogen-bond donors (Lipinski definition) is 2. The smallest absolute Gasteiger partial charge is 0.238 e. The average molecular weight is 307 g/mol. The Kier molecular flexibility index (Phi) is 5.67. The third-order valence-electron chi connectivity index (χ3n) is 3.67. The maximum absolute atomic E-state index is 12.1. The molecule has 1 saturated heterocycles. The van der Waals surface area contributed by atoms with Gasteiger partial charge < -0.3 is 15.8 Å². The molecule has 0 aliphatic carbocycles. The summed E-state index contributed by atoms with van der Waals surface area (Å²) in [6.07, 6.45) is 2.27. The van der Waals surface area contributed by atoms with Gasteiger partial charge >= 0.3 is 0 Å². The monoisotopic (exact) mass is 307 g/mol. The molecule has 114 valence electrons. The maximum atomic E-state index is 12.1. The van der Waals surface area contributed by atoms with Crippen LogP contribution in [0.25, 0.3) is 0 Å². The largest absolute Gasteiger partial charge is 0.389 e. The number of rotatable bonds is 5. The van der Waals surface area contributed by atoms with Gasteiger partial charge in [-0.1, -0.05) is 24.4 Å². The number of anilines is 1. The van der Waals surface area contributed by atoms with Crippen molar-refractivity contribution >= 4 is 28.8 Å². The summed E-state index contributed by atoms with van der Waals surface area (Å²) in [6, 6.07) is 7.27. The molecule has 0 atom stereocenters. The molecule has 0 unspecified atom stereocenters. The summed E-state index contributed by atoms with van der Waals surface area (Å²) in [4.78, 5) is 14.5. The van der Waals surface area contributed by atoms with E-state index >= 15 is 0 Å². The van der Waals surface area contributed by atoms with Crippen LogP contribution in [0.3, 0.4) is 0 Å². The number of nitrogens with two attached hydrogens (primary N) is 1. The van der Waals surface area contributed by atoms with E-state index in [1.807, 2.05) is 18.2 Å². The molecular formula is C15H21N3O2S. The van der Waals surface area contributed by atoms with Gasteiger partial charge in [0, 0.05) is 31.5 Å². The van der Waals surface area contributed by atoms with Crippen molar-refractivity contribution < 1.29 is 9.53 Å². The topological polar surface area (TPSA) is 67.6 Å². The molecule has 5 nitrogen and oxygen atoms in total. The van der Waals surface area contributed by atoms with Crippen LogP contribution in [0.2, 0.25) is 0 Å². The highest BCUT2D eigenvalue weighted by atomic mass is 32.1. The first-order chi connectivity index (χ1) is 10.1. The zero-order chi connectivity index (χ0) is 15.2. The standard InChI is InChI=1S/C15H21N3O2S/c1-20-13-5-7-18(8-6-13)10-14(19)17-12-4-2-3-11(9-12)15(16)21/h2-4,9,13H,5-8,10H2,1H3,(H2,16,21)(H,17,19). The number of likely N-dealkylation sites (tertiary alicyclic amines) is 1. The maximum Gasteiger partial charge on any atom is 0.238 e. The molecule has 1 amide bonds. The number of methoxy groups -OCH3 is 1. The van der Waals surface area contributed by atoms with Crippen molar-refractivity contribution in [3.63, 3.8) is 0 Å². The predicted molar refractivity (Wildman–Crippen MR) is 87.4 cm³/mol. The molecule has 2 rings (SSSR count). The van der Waals surface area contributed by atoms with Crippen LogP contribution in [0.4, 0.5) is 5.69 Å². The van der Waals surface area contributed by atoms with Crippen molar-refractivity contribution in [2.75, 3.05) is 32.1 Å². The molecule has 1 aromatic carbocycles. The molecule has 0 radical (unpaired) electrons. The summed E-state index contributed by atoms with van der Waals surface area (Å²) < 4.78 is 5.32. The summed E-state index contributed by atoms with van der Waals surface area (Å²) in [5.74, 6) is -0.0223. The molecule has 21 heavy (non-hydrogen) atoms. The van der Waals surface area contributed by atoms with Gasteiger partial charge in [0.2, 0.25) is 5.91 Å². The van der Waals surface area contributed by atoms with Crippen LogP contribution in [0.1, 0.15) is 18.4 Å². The number of carbonyl (C=O) groups excluding carboxylic acids is 1. The Morgan fingerprint density at radius 3 is 2.81 bits per heavy atom. The number of amides is 1. The second-order valence-electron chi connectivity index (χ2n) is 5.20. The normalized spacial score (nSPS) is 16.6. The summed E-state index contributed by atoms with van der Waals surface area (Å²) in [7, 11) is 1.74. The van der Waals surface area contributed by atoms with Crippen LogP contribution in [0, 0.1) is 0 Å². The van der Waals surface area contributed by atoms with E-state index < -0.39 is 0 Å². The number of carbonyl (C=O) groups is 1. The zero-order valence-corrected chi connectivity index (χ0v) is 13.0. The van der Waals surface area contributed by atoms with E-state index in [2.05, 4.69) is 10.2 Å². The van der Waals surface area contributed by atoms with Gasteiger partial charge in [0.1, 0.15) is 4.99 Å². The van der Waals surface area contributed by atoms with Crippen molar-refractivity contribution in [1.82, 2.24) is 4.90 Å². The summed E-state index contributed by atoms with van der Waals surface area (Å²) in [5, 5.41) is 2.88. The van der Waals surface area contributed by atoms with Crippen molar-refractivity contribution in [1.29, 1.82) is 0 Å². The van der Waals surface area contributed by atoms with E-state index in [-0.39, 0.29) is 5.91 Å². The molecule has 0 bridgehead atoms. The minimum atomic E-state index is -0.0223. The molecule has 1 fully saturated rings. The highest BCUT2D eigenvalue weighted by molar-refractivity contribution is 7.80. The van der Waals surface area contributed by atoms with Crippen LogP contribution in [-0.4, -0.2) is 48.6 Å². The second kappa shape index (κ2) is 7.49. The lowest BCUT2D eigenvalue weighted by Crippen LogP contribution is -2.41. The number of piperidine rings is 1. The van der Waals surface area contributed by atoms with E-state index in [1.54, 1.807) is 13.2 Å². The fourth-order valence-electron chi connectivity index (χ4n) is 2.46. The Hall–Kier alpha value is -1.50. The Bertz CT molecular complexity index is 513. The quantitative estimate of drug-likeness (QED) is 0.804. The highest BCUT2D eigenvalue weighted by Gasteiger charge is 2.20. The highest BCUT2D eigenvalue weighted by Crippen LogP contribution is 2.14. The van der Waals surface area contributed by atoms with Gasteiger partial charge in [-0.25, -0.2) is 0 Å². The number of nitrogens with zero attached hydrogens (tertiary/aromatic N) is 1. The molecular weight excluding hydrogens is 286 g/mol. The second-order valence-corrected chi connectivity index (χ2v) is 5.64. The third kappa shape index (κ3) is 4.77. The van der Waals surface area contributed by atoms with Gasteiger partial charge in [0.25, 0.3) is 0 Å². The van der Waals surface area contributed by atoms with E-state index in [0.717, 1.165) is 37.2 Å². The number of benzene rings is 1. The zero-order valence-electron chi connectivity index (χ0n) is 12.2. The lowest BCUT2D eigenvalue weighted by atomic mass is 10.1. The van der Waals surface area contributed by atoms with Gasteiger partial charge in [-0.05, 0) is 25.0 Å². The van der Waals surface area contributed by atoms with Crippen LogP contribution < -0.4 is 11.1 Å². The molecule has 3 N–H and O–H groups in total.